The maximum atomic E-state index is 12.6. The van der Waals surface area contributed by atoms with Gasteiger partial charge in [-0.1, -0.05) is 54.1 Å². The van der Waals surface area contributed by atoms with E-state index in [1.165, 1.54) is 0 Å². The predicted molar refractivity (Wildman–Crippen MR) is 108 cm³/mol. The Labute approximate surface area is 161 Å². The van der Waals surface area contributed by atoms with Crippen molar-refractivity contribution in [1.29, 1.82) is 0 Å². The van der Waals surface area contributed by atoms with Gasteiger partial charge >= 0.3 is 0 Å². The molecule has 4 rings (SSSR count). The third kappa shape index (κ3) is 3.81. The van der Waals surface area contributed by atoms with E-state index in [4.69, 9.17) is 11.6 Å². The Kier molecular flexibility index (Phi) is 4.81. The molecule has 2 aromatic carbocycles. The second kappa shape index (κ2) is 7.56. The highest BCUT2D eigenvalue weighted by Crippen LogP contribution is 2.28. The van der Waals surface area contributed by atoms with Crippen molar-refractivity contribution in [1.82, 2.24) is 15.3 Å². The molecule has 0 aliphatic heterocycles. The molecule has 0 atom stereocenters. The molecule has 132 valence electrons. The van der Waals surface area contributed by atoms with Gasteiger partial charge in [-0.2, -0.15) is 0 Å². The van der Waals surface area contributed by atoms with Crippen LogP contribution in [0.4, 0.5) is 0 Å². The minimum atomic E-state index is -0.213. The summed E-state index contributed by atoms with van der Waals surface area (Å²) in [6, 6.07) is 20.9. The molecule has 27 heavy (non-hydrogen) atoms. The first-order chi connectivity index (χ1) is 13.2. The fraction of sp³-hybridized carbons (Fsp3) is 0.0455. The Hall–Kier alpha value is -3.24. The number of rotatable bonds is 4. The molecule has 0 fully saturated rings. The Morgan fingerprint density at radius 1 is 0.963 bits per heavy atom. The summed E-state index contributed by atoms with van der Waals surface area (Å²) >= 11 is 6.12. The molecule has 0 radical (unpaired) electrons. The monoisotopic (exact) mass is 373 g/mol. The van der Waals surface area contributed by atoms with E-state index in [0.717, 1.165) is 27.6 Å². The third-order valence-electron chi connectivity index (χ3n) is 4.26. The molecular formula is C22H16ClN3O. The SMILES string of the molecule is O=C(NCc1ccccc1)c1ccc2cncc(-c3cccc(Cl)c3)c2n1. The normalized spacial score (nSPS) is 10.7. The van der Waals surface area contributed by atoms with Gasteiger partial charge in [0.05, 0.1) is 5.52 Å². The number of carbonyl (C=O) groups is 1. The summed E-state index contributed by atoms with van der Waals surface area (Å²) in [5.74, 6) is -0.213. The highest BCUT2D eigenvalue weighted by atomic mass is 35.5. The molecule has 0 bridgehead atoms. The average molecular weight is 374 g/mol. The molecular weight excluding hydrogens is 358 g/mol. The number of hydrogen-bond acceptors (Lipinski definition) is 3. The van der Waals surface area contributed by atoms with Crippen LogP contribution in [0.2, 0.25) is 5.02 Å². The molecule has 0 saturated heterocycles. The maximum Gasteiger partial charge on any atom is 0.270 e. The van der Waals surface area contributed by atoms with Crippen LogP contribution in [0.1, 0.15) is 16.1 Å². The summed E-state index contributed by atoms with van der Waals surface area (Å²) < 4.78 is 0. The van der Waals surface area contributed by atoms with Crippen LogP contribution in [0.15, 0.2) is 79.1 Å². The lowest BCUT2D eigenvalue weighted by Gasteiger charge is -2.09. The zero-order valence-electron chi connectivity index (χ0n) is 14.4. The maximum absolute atomic E-state index is 12.6. The van der Waals surface area contributed by atoms with Crippen LogP contribution in [0.5, 0.6) is 0 Å². The van der Waals surface area contributed by atoms with Crippen molar-refractivity contribution < 1.29 is 4.79 Å². The fourth-order valence-electron chi connectivity index (χ4n) is 2.91. The third-order valence-corrected chi connectivity index (χ3v) is 4.50. The Morgan fingerprint density at radius 2 is 1.81 bits per heavy atom. The number of carbonyl (C=O) groups excluding carboxylic acids is 1. The molecule has 0 unspecified atom stereocenters. The van der Waals surface area contributed by atoms with E-state index in [1.54, 1.807) is 18.5 Å². The van der Waals surface area contributed by atoms with E-state index in [9.17, 15) is 4.79 Å². The molecule has 0 aliphatic carbocycles. The van der Waals surface area contributed by atoms with Crippen LogP contribution in [-0.4, -0.2) is 15.9 Å². The highest BCUT2D eigenvalue weighted by Gasteiger charge is 2.12. The number of amides is 1. The summed E-state index contributed by atoms with van der Waals surface area (Å²) in [6.07, 6.45) is 3.48. The molecule has 4 aromatic rings. The van der Waals surface area contributed by atoms with Crippen LogP contribution < -0.4 is 5.32 Å². The second-order valence-electron chi connectivity index (χ2n) is 6.13. The van der Waals surface area contributed by atoms with Crippen molar-refractivity contribution >= 4 is 28.4 Å². The van der Waals surface area contributed by atoms with E-state index >= 15 is 0 Å². The molecule has 1 amide bonds. The zero-order chi connectivity index (χ0) is 18.6. The van der Waals surface area contributed by atoms with Gasteiger partial charge in [0.25, 0.3) is 5.91 Å². The van der Waals surface area contributed by atoms with Crippen LogP contribution in [0.25, 0.3) is 22.0 Å². The molecule has 5 heteroatoms. The van der Waals surface area contributed by atoms with Crippen molar-refractivity contribution in [2.24, 2.45) is 0 Å². The van der Waals surface area contributed by atoms with Crippen molar-refractivity contribution in [3.8, 4) is 11.1 Å². The first-order valence-corrected chi connectivity index (χ1v) is 8.91. The number of nitrogens with one attached hydrogen (secondary N) is 1. The zero-order valence-corrected chi connectivity index (χ0v) is 15.1. The van der Waals surface area contributed by atoms with E-state index in [1.807, 2.05) is 60.7 Å². The summed E-state index contributed by atoms with van der Waals surface area (Å²) in [4.78, 5) is 21.4. The topological polar surface area (TPSA) is 54.9 Å². The second-order valence-corrected chi connectivity index (χ2v) is 6.57. The lowest BCUT2D eigenvalue weighted by atomic mass is 10.0. The lowest BCUT2D eigenvalue weighted by Crippen LogP contribution is -2.23. The first-order valence-electron chi connectivity index (χ1n) is 8.53. The van der Waals surface area contributed by atoms with Gasteiger partial charge in [-0.05, 0) is 35.4 Å². The molecule has 2 aromatic heterocycles. The van der Waals surface area contributed by atoms with Gasteiger partial charge in [-0.15, -0.1) is 0 Å². The van der Waals surface area contributed by atoms with Gasteiger partial charge in [0.1, 0.15) is 5.69 Å². The van der Waals surface area contributed by atoms with Crippen molar-refractivity contribution in [2.75, 3.05) is 0 Å². The van der Waals surface area contributed by atoms with Crippen LogP contribution >= 0.6 is 11.6 Å². The smallest absolute Gasteiger partial charge is 0.270 e. The Balaban J connectivity index is 1.67. The molecule has 4 nitrogen and oxygen atoms in total. The number of benzene rings is 2. The van der Waals surface area contributed by atoms with Crippen molar-refractivity contribution in [3.05, 3.63) is 95.4 Å². The van der Waals surface area contributed by atoms with E-state index in [-0.39, 0.29) is 5.91 Å². The van der Waals surface area contributed by atoms with Crippen LogP contribution in [0, 0.1) is 0 Å². The summed E-state index contributed by atoms with van der Waals surface area (Å²) in [5.41, 5.74) is 3.88. The minimum Gasteiger partial charge on any atom is -0.347 e. The van der Waals surface area contributed by atoms with Crippen LogP contribution in [-0.2, 0) is 6.54 Å². The van der Waals surface area contributed by atoms with Gasteiger partial charge in [-0.3, -0.25) is 9.78 Å². The van der Waals surface area contributed by atoms with E-state index in [2.05, 4.69) is 15.3 Å². The number of nitrogens with zero attached hydrogens (tertiary/aromatic N) is 2. The summed E-state index contributed by atoms with van der Waals surface area (Å²) in [7, 11) is 0. The van der Waals surface area contributed by atoms with Gasteiger partial charge in [0.15, 0.2) is 0 Å². The molecule has 0 saturated carbocycles. The quantitative estimate of drug-likeness (QED) is 0.554. The lowest BCUT2D eigenvalue weighted by molar-refractivity contribution is 0.0946. The fourth-order valence-corrected chi connectivity index (χ4v) is 3.10. The van der Waals surface area contributed by atoms with Gasteiger partial charge in [-0.25, -0.2) is 4.98 Å². The Morgan fingerprint density at radius 3 is 2.63 bits per heavy atom. The van der Waals surface area contributed by atoms with Gasteiger partial charge in [0.2, 0.25) is 0 Å². The van der Waals surface area contributed by atoms with E-state index in [0.29, 0.717) is 17.3 Å². The van der Waals surface area contributed by atoms with Gasteiger partial charge < -0.3 is 5.32 Å². The number of aromatic nitrogens is 2. The summed E-state index contributed by atoms with van der Waals surface area (Å²) in [5, 5.41) is 4.42. The largest absolute Gasteiger partial charge is 0.347 e. The molecule has 1 N–H and O–H groups in total. The number of pyridine rings is 2. The number of fused-ring (bicyclic) bond motifs is 1. The number of hydrogen-bond donors (Lipinski definition) is 1. The first kappa shape index (κ1) is 17.2. The Bertz CT molecular complexity index is 1110. The standard InChI is InChI=1S/C22H16ClN3O/c23-18-8-4-7-16(11-18)19-14-24-13-17-9-10-20(26-21(17)19)22(27)25-12-15-5-2-1-3-6-15/h1-11,13-14H,12H2,(H,25,27). The number of halogens is 1. The van der Waals surface area contributed by atoms with E-state index < -0.39 is 0 Å². The van der Waals surface area contributed by atoms with Crippen molar-refractivity contribution in [2.45, 2.75) is 6.54 Å². The average Bonchev–Trinajstić information content (AvgIpc) is 2.72. The van der Waals surface area contributed by atoms with Crippen molar-refractivity contribution in [3.63, 3.8) is 0 Å². The van der Waals surface area contributed by atoms with Crippen LogP contribution in [0.3, 0.4) is 0 Å². The molecule has 2 heterocycles. The predicted octanol–water partition coefficient (Wildman–Crippen LogP) is 4.88. The highest BCUT2D eigenvalue weighted by molar-refractivity contribution is 6.30. The molecule has 0 spiro atoms. The molecule has 0 aliphatic rings. The minimum absolute atomic E-state index is 0.213. The summed E-state index contributed by atoms with van der Waals surface area (Å²) in [6.45, 7) is 0.455. The van der Waals surface area contributed by atoms with Gasteiger partial charge in [0, 0.05) is 34.9 Å².